The van der Waals surface area contributed by atoms with Crippen molar-refractivity contribution >= 4 is 28.4 Å². The molecule has 5 heteroatoms. The fraction of sp³-hybridized carbons (Fsp3) is 0.100. The maximum Gasteiger partial charge on any atom is 0.416 e. The smallest absolute Gasteiger partial charge is 0.279 e. The fourth-order valence-electron chi connectivity index (χ4n) is 0.926. The Balaban J connectivity index is 2.99. The molecule has 0 N–H and O–H groups in total. The van der Waals surface area contributed by atoms with Gasteiger partial charge in [0.2, 0.25) is 5.78 Å². The van der Waals surface area contributed by atoms with Gasteiger partial charge < -0.3 is 0 Å². The van der Waals surface area contributed by atoms with Gasteiger partial charge in [-0.25, -0.2) is 0 Å². The lowest BCUT2D eigenvalue weighted by Crippen LogP contribution is -2.05. The monoisotopic (exact) mass is 324 g/mol. The van der Waals surface area contributed by atoms with Crippen molar-refractivity contribution in [1.82, 2.24) is 0 Å². The zero-order valence-corrected chi connectivity index (χ0v) is 9.39. The topological polar surface area (TPSA) is 17.1 Å². The molecule has 0 spiro atoms. The number of halogens is 4. The van der Waals surface area contributed by atoms with Crippen LogP contribution in [-0.4, -0.2) is 5.78 Å². The number of carbonyl (C=O) groups excluding carboxylic acids is 1. The van der Waals surface area contributed by atoms with Crippen LogP contribution >= 0.6 is 22.6 Å². The Kier molecular flexibility index (Phi) is 3.74. The predicted octanol–water partition coefficient (Wildman–Crippen LogP) is 3.28. The van der Waals surface area contributed by atoms with Crippen LogP contribution in [0.1, 0.15) is 15.9 Å². The first-order valence-corrected chi connectivity index (χ1v) is 4.86. The van der Waals surface area contributed by atoms with E-state index in [0.717, 1.165) is 24.3 Å². The van der Waals surface area contributed by atoms with Gasteiger partial charge in [-0.1, -0.05) is 0 Å². The van der Waals surface area contributed by atoms with E-state index in [2.05, 4.69) is 9.85 Å². The minimum atomic E-state index is -4.38. The van der Waals surface area contributed by atoms with Gasteiger partial charge in [0.1, 0.15) is 0 Å². The van der Waals surface area contributed by atoms with E-state index in [0.29, 0.717) is 0 Å². The Bertz CT molecular complexity index is 423. The van der Waals surface area contributed by atoms with Crippen LogP contribution in [0, 0.1) is 9.85 Å². The fourth-order valence-corrected chi connectivity index (χ4v) is 1.17. The molecule has 0 aliphatic carbocycles. The van der Waals surface area contributed by atoms with Crippen LogP contribution in [0.25, 0.3) is 0 Å². The van der Waals surface area contributed by atoms with Gasteiger partial charge in [0.25, 0.3) is 0 Å². The molecule has 0 atom stereocenters. The van der Waals surface area contributed by atoms with Crippen molar-refractivity contribution in [1.29, 1.82) is 0 Å². The lowest BCUT2D eigenvalue weighted by Gasteiger charge is -2.05. The summed E-state index contributed by atoms with van der Waals surface area (Å²) in [5, 5.41) is 0. The zero-order valence-electron chi connectivity index (χ0n) is 7.23. The van der Waals surface area contributed by atoms with Gasteiger partial charge in [-0.2, -0.15) is 13.2 Å². The van der Waals surface area contributed by atoms with Crippen LogP contribution in [0.5, 0.6) is 0 Å². The standard InChI is InChI=1S/C10H4F3IO/c11-10(12,13)8-3-1-7(2-4-8)9(15)5-6-14/h1-4H. The second-order valence-corrected chi connectivity index (χ2v) is 3.16. The van der Waals surface area contributed by atoms with E-state index < -0.39 is 17.5 Å². The molecule has 0 saturated carbocycles. The van der Waals surface area contributed by atoms with Gasteiger partial charge in [0.15, 0.2) is 0 Å². The molecule has 0 saturated heterocycles. The normalized spacial score (nSPS) is 10.4. The Hall–Kier alpha value is -1.03. The molecule has 0 fully saturated rings. The first kappa shape index (κ1) is 12.0. The largest absolute Gasteiger partial charge is 0.416 e. The van der Waals surface area contributed by atoms with E-state index >= 15 is 0 Å². The quantitative estimate of drug-likeness (QED) is 0.440. The molecule has 0 aliphatic rings. The number of benzene rings is 1. The molecule has 1 rings (SSSR count). The molecule has 0 bridgehead atoms. The van der Waals surface area contributed by atoms with Crippen LogP contribution in [-0.2, 0) is 6.18 Å². The van der Waals surface area contributed by atoms with Crippen molar-refractivity contribution in [3.8, 4) is 9.85 Å². The number of ketones is 1. The highest BCUT2D eigenvalue weighted by atomic mass is 127. The summed E-state index contributed by atoms with van der Waals surface area (Å²) in [6.45, 7) is 0. The van der Waals surface area contributed by atoms with Crippen molar-refractivity contribution in [3.63, 3.8) is 0 Å². The van der Waals surface area contributed by atoms with E-state index in [1.807, 2.05) is 0 Å². The van der Waals surface area contributed by atoms with Crippen molar-refractivity contribution in [2.24, 2.45) is 0 Å². The highest BCUT2D eigenvalue weighted by Gasteiger charge is 2.30. The molecule has 0 aliphatic heterocycles. The number of rotatable bonds is 1. The van der Waals surface area contributed by atoms with Gasteiger partial charge >= 0.3 is 6.18 Å². The van der Waals surface area contributed by atoms with Crippen molar-refractivity contribution < 1.29 is 18.0 Å². The average Bonchev–Trinajstić information content (AvgIpc) is 2.17. The van der Waals surface area contributed by atoms with Gasteiger partial charge in [-0.3, -0.25) is 4.79 Å². The summed E-state index contributed by atoms with van der Waals surface area (Å²) in [4.78, 5) is 11.1. The summed E-state index contributed by atoms with van der Waals surface area (Å²) < 4.78 is 38.8. The molecular weight excluding hydrogens is 320 g/mol. The van der Waals surface area contributed by atoms with Crippen LogP contribution < -0.4 is 0 Å². The van der Waals surface area contributed by atoms with Gasteiger partial charge in [0.05, 0.1) is 5.56 Å². The predicted molar refractivity (Wildman–Crippen MR) is 57.6 cm³/mol. The molecule has 0 heterocycles. The molecule has 1 aromatic carbocycles. The van der Waals surface area contributed by atoms with E-state index in [-0.39, 0.29) is 5.56 Å². The lowest BCUT2D eigenvalue weighted by atomic mass is 10.1. The Labute approximate surface area is 97.8 Å². The highest BCUT2D eigenvalue weighted by molar-refractivity contribution is 14.1. The van der Waals surface area contributed by atoms with Crippen LogP contribution in [0.4, 0.5) is 13.2 Å². The van der Waals surface area contributed by atoms with Gasteiger partial charge in [-0.05, 0) is 34.1 Å². The first-order chi connectivity index (χ1) is 6.95. The zero-order chi connectivity index (χ0) is 11.5. The average molecular weight is 324 g/mol. The van der Waals surface area contributed by atoms with E-state index in [9.17, 15) is 18.0 Å². The van der Waals surface area contributed by atoms with Gasteiger partial charge in [-0.15, -0.1) is 0 Å². The van der Waals surface area contributed by atoms with Gasteiger partial charge in [0, 0.05) is 28.2 Å². The molecule has 0 amide bonds. The molecule has 0 radical (unpaired) electrons. The summed E-state index contributed by atoms with van der Waals surface area (Å²) in [6, 6.07) is 3.96. The molecule has 0 unspecified atom stereocenters. The Morgan fingerprint density at radius 3 is 2.13 bits per heavy atom. The Morgan fingerprint density at radius 1 is 1.20 bits per heavy atom. The third-order valence-electron chi connectivity index (χ3n) is 1.64. The second-order valence-electron chi connectivity index (χ2n) is 2.62. The number of carbonyl (C=O) groups is 1. The van der Waals surface area contributed by atoms with Crippen molar-refractivity contribution in [2.75, 3.05) is 0 Å². The van der Waals surface area contributed by atoms with E-state index in [1.165, 1.54) is 0 Å². The maximum absolute atomic E-state index is 12.2. The number of hydrogen-bond acceptors (Lipinski definition) is 1. The minimum Gasteiger partial charge on any atom is -0.279 e. The highest BCUT2D eigenvalue weighted by Crippen LogP contribution is 2.29. The summed E-state index contributed by atoms with van der Waals surface area (Å²) in [6.07, 6.45) is -4.38. The molecule has 15 heavy (non-hydrogen) atoms. The van der Waals surface area contributed by atoms with Crippen molar-refractivity contribution in [2.45, 2.75) is 6.18 Å². The summed E-state index contributed by atoms with van der Waals surface area (Å²) in [7, 11) is 0. The second kappa shape index (κ2) is 4.66. The van der Waals surface area contributed by atoms with E-state index in [1.54, 1.807) is 22.6 Å². The van der Waals surface area contributed by atoms with Crippen molar-refractivity contribution in [3.05, 3.63) is 35.4 Å². The first-order valence-electron chi connectivity index (χ1n) is 3.78. The number of alkyl halides is 3. The third kappa shape index (κ3) is 3.23. The molecule has 1 aromatic rings. The molecule has 78 valence electrons. The number of Topliss-reactive ketones (excluding diaryl/α,β-unsaturated/α-hetero) is 1. The van der Waals surface area contributed by atoms with Crippen LogP contribution in [0.2, 0.25) is 0 Å². The molecule has 1 nitrogen and oxygen atoms in total. The van der Waals surface area contributed by atoms with Crippen LogP contribution in [0.15, 0.2) is 24.3 Å². The molecular formula is C10H4F3IO. The summed E-state index contributed by atoms with van der Waals surface area (Å²) in [5.41, 5.74) is -0.617. The SMILES string of the molecule is O=C(C#CI)c1ccc(C(F)(F)F)cc1. The summed E-state index contributed by atoms with van der Waals surface area (Å²) in [5.74, 6) is 1.75. The molecule has 0 aromatic heterocycles. The maximum atomic E-state index is 12.2. The van der Waals surface area contributed by atoms with Crippen LogP contribution in [0.3, 0.4) is 0 Å². The third-order valence-corrected chi connectivity index (χ3v) is 1.90. The summed E-state index contributed by atoms with van der Waals surface area (Å²) >= 11 is 1.69. The van der Waals surface area contributed by atoms with E-state index in [4.69, 9.17) is 0 Å². The lowest BCUT2D eigenvalue weighted by molar-refractivity contribution is -0.137. The Morgan fingerprint density at radius 2 is 1.73 bits per heavy atom. The minimum absolute atomic E-state index is 0.159. The number of hydrogen-bond donors (Lipinski definition) is 0.